The maximum absolute atomic E-state index is 10.3. The normalized spacial score (nSPS) is 10.7. The number of carboxylic acid groups (broad SMARTS) is 1. The third-order valence-electron chi connectivity index (χ3n) is 3.65. The van der Waals surface area contributed by atoms with Crippen molar-refractivity contribution in [2.24, 2.45) is 0 Å². The topological polar surface area (TPSA) is 37.3 Å². The number of hydrogen-bond acceptors (Lipinski definition) is 1. The molecule has 3 heteroatoms. The van der Waals surface area contributed by atoms with E-state index < -0.39 is 5.97 Å². The number of unbranched alkanes of at least 4 members (excludes halogenated alkanes) is 11. The maximum atomic E-state index is 10.3. The van der Waals surface area contributed by atoms with Gasteiger partial charge in [-0.25, -0.2) is 0 Å². The Morgan fingerprint density at radius 2 is 1.19 bits per heavy atom. The molecule has 0 aliphatic carbocycles. The number of carboxylic acids is 1. The van der Waals surface area contributed by atoms with Crippen molar-refractivity contribution in [2.45, 2.75) is 96.8 Å². The summed E-state index contributed by atoms with van der Waals surface area (Å²) in [5.74, 6) is -0.664. The number of allylic oxidation sites excluding steroid dienone is 2. The van der Waals surface area contributed by atoms with Gasteiger partial charge in [0, 0.05) is 47.7 Å². The smallest absolute Gasteiger partial charge is 0.303 e. The minimum absolute atomic E-state index is 0. The van der Waals surface area contributed by atoms with Crippen molar-refractivity contribution in [3.63, 3.8) is 0 Å². The van der Waals surface area contributed by atoms with Crippen LogP contribution >= 0.6 is 0 Å². The van der Waals surface area contributed by atoms with Crippen LogP contribution in [0.3, 0.4) is 0 Å². The molecule has 0 saturated heterocycles. The Bertz CT molecular complexity index is 239. The molecule has 0 bridgehead atoms. The van der Waals surface area contributed by atoms with Crippen LogP contribution in [0.15, 0.2) is 12.2 Å². The summed E-state index contributed by atoms with van der Waals surface area (Å²) in [4.78, 5) is 10.3. The number of aliphatic carboxylic acids is 1. The van der Waals surface area contributed by atoms with Gasteiger partial charge in [-0.15, -0.1) is 0 Å². The SMILES string of the molecule is CCCCCCCCC=CCCCCCCCC(=O)O.[Pr]. The first-order chi connectivity index (χ1) is 9.77. The number of hydrogen-bond donors (Lipinski definition) is 1. The van der Waals surface area contributed by atoms with Crippen LogP contribution in [0.25, 0.3) is 0 Å². The second-order valence-corrected chi connectivity index (χ2v) is 5.73. The molecule has 0 atom stereocenters. The van der Waals surface area contributed by atoms with Gasteiger partial charge in [-0.05, 0) is 32.1 Å². The Balaban J connectivity index is 0. The first kappa shape index (κ1) is 23.8. The van der Waals surface area contributed by atoms with E-state index in [0.29, 0.717) is 6.42 Å². The Morgan fingerprint density at radius 3 is 1.67 bits per heavy atom. The summed E-state index contributed by atoms with van der Waals surface area (Å²) >= 11 is 0. The summed E-state index contributed by atoms with van der Waals surface area (Å²) in [7, 11) is 0. The van der Waals surface area contributed by atoms with E-state index in [1.807, 2.05) is 0 Å². The second kappa shape index (κ2) is 20.6. The van der Waals surface area contributed by atoms with Crippen LogP contribution in [0.2, 0.25) is 0 Å². The minimum atomic E-state index is -0.664. The molecule has 0 aromatic heterocycles. The molecule has 1 N–H and O–H groups in total. The van der Waals surface area contributed by atoms with Crippen molar-refractivity contribution in [3.8, 4) is 0 Å². The van der Waals surface area contributed by atoms with E-state index in [1.165, 1.54) is 70.6 Å². The summed E-state index contributed by atoms with van der Waals surface area (Å²) in [5, 5.41) is 8.51. The van der Waals surface area contributed by atoms with Gasteiger partial charge in [0.25, 0.3) is 0 Å². The molecule has 21 heavy (non-hydrogen) atoms. The molecule has 0 amide bonds. The third kappa shape index (κ3) is 23.0. The molecular formula is C18H34O2Pr. The van der Waals surface area contributed by atoms with Gasteiger partial charge < -0.3 is 5.11 Å². The van der Waals surface area contributed by atoms with Crippen LogP contribution in [0.4, 0.5) is 0 Å². The van der Waals surface area contributed by atoms with Crippen LogP contribution in [0, 0.1) is 41.3 Å². The summed E-state index contributed by atoms with van der Waals surface area (Å²) in [6.07, 6.45) is 21.2. The predicted molar refractivity (Wildman–Crippen MR) is 87.1 cm³/mol. The number of rotatable bonds is 15. The average Bonchev–Trinajstić information content (AvgIpc) is 2.43. The molecule has 0 unspecified atom stereocenters. The van der Waals surface area contributed by atoms with Gasteiger partial charge in [-0.2, -0.15) is 0 Å². The van der Waals surface area contributed by atoms with Gasteiger partial charge in [0.1, 0.15) is 0 Å². The molecule has 0 spiro atoms. The van der Waals surface area contributed by atoms with Crippen LogP contribution in [-0.4, -0.2) is 11.1 Å². The second-order valence-electron chi connectivity index (χ2n) is 5.73. The summed E-state index contributed by atoms with van der Waals surface area (Å²) in [6.45, 7) is 2.26. The van der Waals surface area contributed by atoms with Gasteiger partial charge in [0.15, 0.2) is 0 Å². The third-order valence-corrected chi connectivity index (χ3v) is 3.65. The van der Waals surface area contributed by atoms with Crippen LogP contribution in [0.5, 0.6) is 0 Å². The van der Waals surface area contributed by atoms with Gasteiger partial charge in [0.2, 0.25) is 0 Å². The van der Waals surface area contributed by atoms with E-state index in [-0.39, 0.29) is 41.3 Å². The predicted octanol–water partition coefficient (Wildman–Crippen LogP) is 6.11. The molecule has 0 rings (SSSR count). The fourth-order valence-corrected chi connectivity index (χ4v) is 2.35. The van der Waals surface area contributed by atoms with Crippen molar-refractivity contribution in [3.05, 3.63) is 12.2 Å². The zero-order chi connectivity index (χ0) is 14.9. The van der Waals surface area contributed by atoms with E-state index in [4.69, 9.17) is 5.11 Å². The largest absolute Gasteiger partial charge is 0.481 e. The van der Waals surface area contributed by atoms with Crippen molar-refractivity contribution < 1.29 is 51.2 Å². The molecule has 0 aliphatic rings. The van der Waals surface area contributed by atoms with Crippen molar-refractivity contribution >= 4 is 5.97 Å². The van der Waals surface area contributed by atoms with Gasteiger partial charge in [0.05, 0.1) is 0 Å². The zero-order valence-corrected chi connectivity index (χ0v) is 17.7. The fraction of sp³-hybridized carbons (Fsp3) is 0.833. The first-order valence-corrected chi connectivity index (χ1v) is 8.64. The van der Waals surface area contributed by atoms with Crippen molar-refractivity contribution in [1.29, 1.82) is 0 Å². The number of carbonyl (C=O) groups is 1. The Labute approximate surface area is 165 Å². The molecule has 0 heterocycles. The monoisotopic (exact) mass is 423 g/mol. The van der Waals surface area contributed by atoms with E-state index in [9.17, 15) is 4.79 Å². The Morgan fingerprint density at radius 1 is 0.762 bits per heavy atom. The summed E-state index contributed by atoms with van der Waals surface area (Å²) in [5.41, 5.74) is 0. The van der Waals surface area contributed by atoms with E-state index in [0.717, 1.165) is 12.8 Å². The van der Waals surface area contributed by atoms with Crippen LogP contribution in [-0.2, 0) is 4.79 Å². The molecule has 0 aliphatic heterocycles. The minimum Gasteiger partial charge on any atom is -0.481 e. The Kier molecular flexibility index (Phi) is 23.4. The van der Waals surface area contributed by atoms with Crippen molar-refractivity contribution in [2.75, 3.05) is 0 Å². The molecule has 0 aromatic carbocycles. The first-order valence-electron chi connectivity index (χ1n) is 8.64. The molecule has 0 fully saturated rings. The quantitative estimate of drug-likeness (QED) is 0.255. The van der Waals surface area contributed by atoms with E-state index >= 15 is 0 Å². The van der Waals surface area contributed by atoms with Gasteiger partial charge in [-0.1, -0.05) is 70.4 Å². The molecule has 2 nitrogen and oxygen atoms in total. The molecule has 1 radical (unpaired) electrons. The Hall–Kier alpha value is 0.574. The van der Waals surface area contributed by atoms with Crippen LogP contribution < -0.4 is 0 Å². The summed E-state index contributed by atoms with van der Waals surface area (Å²) in [6, 6.07) is 0. The average molecular weight is 423 g/mol. The maximum Gasteiger partial charge on any atom is 0.303 e. The molecule has 121 valence electrons. The standard InChI is InChI=1S/C18H34O2.Pr/c1-2-3-4-5-6-7-8-9-10-11-12-13-14-15-16-17-18(19)20;/h9-10H,2-8,11-17H2,1H3,(H,19,20);. The molecular weight excluding hydrogens is 389 g/mol. The molecule has 0 saturated carbocycles. The zero-order valence-electron chi connectivity index (χ0n) is 14.0. The van der Waals surface area contributed by atoms with Gasteiger partial charge in [-0.3, -0.25) is 4.79 Å². The summed E-state index contributed by atoms with van der Waals surface area (Å²) < 4.78 is 0. The van der Waals surface area contributed by atoms with E-state index in [2.05, 4.69) is 19.1 Å². The van der Waals surface area contributed by atoms with Crippen molar-refractivity contribution in [1.82, 2.24) is 0 Å². The molecule has 0 aromatic rings. The van der Waals surface area contributed by atoms with E-state index in [1.54, 1.807) is 0 Å². The fourth-order valence-electron chi connectivity index (χ4n) is 2.35. The van der Waals surface area contributed by atoms with Crippen LogP contribution in [0.1, 0.15) is 96.8 Å². The van der Waals surface area contributed by atoms with Gasteiger partial charge >= 0.3 is 5.97 Å².